The number of hydrogen-bond donors (Lipinski definition) is 2. The van der Waals surface area contributed by atoms with E-state index in [1.807, 2.05) is 4.90 Å². The SMILES string of the molecule is O=C(O)C(F)(F)F.O=CN1CCN(CC(Cl)=C2CCN(c3nc4c(cc3F)c(=O)c(C(=O)O)cn4C3CC3)CC2)CC1. The molecule has 228 valence electrons. The second-order valence-corrected chi connectivity index (χ2v) is 10.7. The molecule has 11 nitrogen and oxygen atoms in total. The molecule has 1 saturated carbocycles. The lowest BCUT2D eigenvalue weighted by Gasteiger charge is -2.34. The van der Waals surface area contributed by atoms with Crippen molar-refractivity contribution < 1.29 is 42.2 Å². The molecule has 0 spiro atoms. The highest BCUT2D eigenvalue weighted by Gasteiger charge is 2.38. The Hall–Kier alpha value is -3.72. The average Bonchev–Trinajstić information content (AvgIpc) is 3.79. The van der Waals surface area contributed by atoms with E-state index in [1.165, 1.54) is 6.20 Å². The molecule has 2 N–H and O–H groups in total. The zero-order valence-electron chi connectivity index (χ0n) is 22.2. The number of carbonyl (C=O) groups excluding carboxylic acids is 1. The predicted octanol–water partition coefficient (Wildman–Crippen LogP) is 3.07. The first-order valence-electron chi connectivity index (χ1n) is 13.1. The van der Waals surface area contributed by atoms with Crippen LogP contribution in [0.1, 0.15) is 42.1 Å². The Balaban J connectivity index is 0.000000517. The van der Waals surface area contributed by atoms with E-state index >= 15 is 4.39 Å². The van der Waals surface area contributed by atoms with Gasteiger partial charge in [-0.1, -0.05) is 17.2 Å². The molecule has 0 radical (unpaired) electrons. The van der Waals surface area contributed by atoms with E-state index in [9.17, 15) is 32.7 Å². The lowest BCUT2D eigenvalue weighted by molar-refractivity contribution is -0.192. The maximum atomic E-state index is 15.1. The number of fused-ring (bicyclic) bond motifs is 1. The Morgan fingerprint density at radius 1 is 1.07 bits per heavy atom. The molecule has 4 heterocycles. The summed E-state index contributed by atoms with van der Waals surface area (Å²) < 4.78 is 48.6. The molecule has 3 fully saturated rings. The minimum Gasteiger partial charge on any atom is -0.477 e. The number of rotatable bonds is 6. The number of carboxylic acids is 2. The van der Waals surface area contributed by atoms with Crippen molar-refractivity contribution >= 4 is 46.8 Å². The van der Waals surface area contributed by atoms with Crippen LogP contribution >= 0.6 is 11.6 Å². The number of halogens is 5. The Labute approximate surface area is 241 Å². The van der Waals surface area contributed by atoms with Crippen LogP contribution in [0.25, 0.3) is 11.0 Å². The van der Waals surface area contributed by atoms with Gasteiger partial charge in [-0.15, -0.1) is 0 Å². The summed E-state index contributed by atoms with van der Waals surface area (Å²) >= 11 is 6.65. The molecule has 2 saturated heterocycles. The fraction of sp³-hybridized carbons (Fsp3) is 0.500. The number of carboxylic acid groups (broad SMARTS) is 2. The van der Waals surface area contributed by atoms with Crippen molar-refractivity contribution in [2.24, 2.45) is 0 Å². The Kier molecular flexibility index (Phi) is 9.40. The highest BCUT2D eigenvalue weighted by atomic mass is 35.5. The van der Waals surface area contributed by atoms with Crippen molar-refractivity contribution in [2.75, 3.05) is 50.7 Å². The highest BCUT2D eigenvalue weighted by molar-refractivity contribution is 6.30. The molecule has 5 rings (SSSR count). The fourth-order valence-corrected chi connectivity index (χ4v) is 5.20. The molecule has 2 aliphatic heterocycles. The van der Waals surface area contributed by atoms with Crippen molar-refractivity contribution in [1.29, 1.82) is 0 Å². The zero-order chi connectivity index (χ0) is 30.8. The second-order valence-electron chi connectivity index (χ2n) is 10.2. The van der Waals surface area contributed by atoms with Crippen LogP contribution in [0, 0.1) is 5.82 Å². The lowest BCUT2D eigenvalue weighted by atomic mass is 10.0. The molecular weight excluding hydrogens is 590 g/mol. The van der Waals surface area contributed by atoms with Gasteiger partial charge in [-0.05, 0) is 31.7 Å². The second kappa shape index (κ2) is 12.7. The summed E-state index contributed by atoms with van der Waals surface area (Å²) in [5, 5.41) is 17.3. The smallest absolute Gasteiger partial charge is 0.477 e. The lowest BCUT2D eigenvalue weighted by Crippen LogP contribution is -2.46. The van der Waals surface area contributed by atoms with Gasteiger partial charge in [0, 0.05) is 63.1 Å². The van der Waals surface area contributed by atoms with Crippen molar-refractivity contribution in [3.05, 3.63) is 44.5 Å². The van der Waals surface area contributed by atoms with E-state index in [0.29, 0.717) is 51.2 Å². The van der Waals surface area contributed by atoms with Crippen molar-refractivity contribution in [2.45, 2.75) is 37.9 Å². The van der Waals surface area contributed by atoms with Gasteiger partial charge in [0.05, 0.1) is 5.39 Å². The fourth-order valence-electron chi connectivity index (χ4n) is 4.84. The van der Waals surface area contributed by atoms with E-state index in [2.05, 4.69) is 9.88 Å². The van der Waals surface area contributed by atoms with Gasteiger partial charge >= 0.3 is 18.1 Å². The van der Waals surface area contributed by atoms with Crippen LogP contribution in [0.2, 0.25) is 0 Å². The normalized spacial score (nSPS) is 18.0. The van der Waals surface area contributed by atoms with Gasteiger partial charge < -0.3 is 24.6 Å². The number of aromatic carboxylic acids is 1. The molecule has 2 aromatic rings. The molecule has 42 heavy (non-hydrogen) atoms. The Bertz CT molecular complexity index is 1460. The minimum atomic E-state index is -5.08. The Morgan fingerprint density at radius 3 is 2.17 bits per heavy atom. The third kappa shape index (κ3) is 7.18. The Morgan fingerprint density at radius 2 is 1.67 bits per heavy atom. The molecule has 3 aliphatic rings. The van der Waals surface area contributed by atoms with E-state index in [-0.39, 0.29) is 22.8 Å². The van der Waals surface area contributed by atoms with Crippen LogP contribution in [0.4, 0.5) is 23.4 Å². The minimum absolute atomic E-state index is 0.00614. The first-order chi connectivity index (χ1) is 19.8. The molecule has 0 unspecified atom stereocenters. The molecule has 2 aromatic heterocycles. The molecule has 1 aliphatic carbocycles. The van der Waals surface area contributed by atoms with E-state index in [1.54, 1.807) is 9.47 Å². The standard InChI is InChI=1S/C24H27ClFN5O4.C2HF3O2/c25-19(13-28-7-9-29(14-32)10-8-28)15-3-5-30(6-4-15)23-20(26)11-17-21(33)18(24(34)35)12-31(16-1-2-16)22(17)27-23;3-2(4,5)1(6)7/h11-12,14,16H,1-10,13H2,(H,34,35);(H,6,7). The van der Waals surface area contributed by atoms with Crippen LogP contribution in [0.15, 0.2) is 27.7 Å². The van der Waals surface area contributed by atoms with Crippen molar-refractivity contribution in [3.8, 4) is 0 Å². The summed E-state index contributed by atoms with van der Waals surface area (Å²) in [5.74, 6) is -4.54. The molecule has 1 amide bonds. The van der Waals surface area contributed by atoms with Crippen molar-refractivity contribution in [1.82, 2.24) is 19.4 Å². The number of piperazine rings is 1. The van der Waals surface area contributed by atoms with Gasteiger partial charge in [0.15, 0.2) is 11.6 Å². The number of pyridine rings is 2. The third-order valence-electron chi connectivity index (χ3n) is 7.32. The number of aliphatic carboxylic acids is 1. The van der Waals surface area contributed by atoms with Gasteiger partial charge in [-0.25, -0.2) is 19.0 Å². The predicted molar refractivity (Wildman–Crippen MR) is 143 cm³/mol. The molecule has 0 atom stereocenters. The summed E-state index contributed by atoms with van der Waals surface area (Å²) in [7, 11) is 0. The molecular formula is C26H28ClF4N5O6. The number of anilines is 1. The summed E-state index contributed by atoms with van der Waals surface area (Å²) in [5.41, 5.74) is 0.385. The number of amides is 1. The third-order valence-corrected chi connectivity index (χ3v) is 7.71. The maximum Gasteiger partial charge on any atom is 0.490 e. The van der Waals surface area contributed by atoms with E-state index in [0.717, 1.165) is 49.0 Å². The monoisotopic (exact) mass is 617 g/mol. The highest BCUT2D eigenvalue weighted by Crippen LogP contribution is 2.37. The summed E-state index contributed by atoms with van der Waals surface area (Å²) in [4.78, 5) is 54.4. The van der Waals surface area contributed by atoms with Gasteiger partial charge in [-0.2, -0.15) is 13.2 Å². The molecule has 16 heteroatoms. The van der Waals surface area contributed by atoms with E-state index < -0.39 is 29.4 Å². The largest absolute Gasteiger partial charge is 0.490 e. The van der Waals surface area contributed by atoms with Gasteiger partial charge in [0.25, 0.3) is 0 Å². The average molecular weight is 618 g/mol. The number of nitrogens with zero attached hydrogens (tertiary/aromatic N) is 5. The van der Waals surface area contributed by atoms with Gasteiger partial charge in [0.2, 0.25) is 11.8 Å². The first-order valence-corrected chi connectivity index (χ1v) is 13.5. The van der Waals surface area contributed by atoms with Gasteiger partial charge in [0.1, 0.15) is 11.2 Å². The van der Waals surface area contributed by atoms with Crippen LogP contribution in [-0.4, -0.2) is 99.9 Å². The first kappa shape index (κ1) is 31.2. The summed E-state index contributed by atoms with van der Waals surface area (Å²) in [6.07, 6.45) is 0.227. The molecule has 0 bridgehead atoms. The molecule has 0 aromatic carbocycles. The number of carbonyl (C=O) groups is 3. The zero-order valence-corrected chi connectivity index (χ0v) is 23.0. The maximum absolute atomic E-state index is 15.1. The summed E-state index contributed by atoms with van der Waals surface area (Å²) in [6, 6.07) is 1.20. The number of hydrogen-bond acceptors (Lipinski definition) is 7. The topological polar surface area (TPSA) is 136 Å². The van der Waals surface area contributed by atoms with Crippen LogP contribution in [-0.2, 0) is 9.59 Å². The number of aromatic nitrogens is 2. The quantitative estimate of drug-likeness (QED) is 0.370. The van der Waals surface area contributed by atoms with Gasteiger partial charge in [-0.3, -0.25) is 14.5 Å². The number of piperidine rings is 1. The van der Waals surface area contributed by atoms with Crippen LogP contribution in [0.5, 0.6) is 0 Å². The van der Waals surface area contributed by atoms with Crippen LogP contribution < -0.4 is 10.3 Å². The van der Waals surface area contributed by atoms with E-state index in [4.69, 9.17) is 21.5 Å². The number of alkyl halides is 3. The van der Waals surface area contributed by atoms with Crippen LogP contribution in [0.3, 0.4) is 0 Å². The van der Waals surface area contributed by atoms with Crippen molar-refractivity contribution in [3.63, 3.8) is 0 Å². The summed E-state index contributed by atoms with van der Waals surface area (Å²) in [6.45, 7) is 4.69.